The van der Waals surface area contributed by atoms with E-state index in [1.807, 2.05) is 4.90 Å². The van der Waals surface area contributed by atoms with Crippen molar-refractivity contribution < 1.29 is 9.90 Å². The van der Waals surface area contributed by atoms with Gasteiger partial charge < -0.3 is 10.0 Å². The van der Waals surface area contributed by atoms with Gasteiger partial charge in [-0.25, -0.2) is 0 Å². The van der Waals surface area contributed by atoms with Crippen LogP contribution >= 0.6 is 0 Å². The van der Waals surface area contributed by atoms with Gasteiger partial charge in [-0.1, -0.05) is 6.92 Å². The maximum absolute atomic E-state index is 13.2. The van der Waals surface area contributed by atoms with E-state index in [1.165, 1.54) is 19.3 Å². The molecule has 0 spiro atoms. The van der Waals surface area contributed by atoms with Gasteiger partial charge in [-0.15, -0.1) is 0 Å². The van der Waals surface area contributed by atoms with E-state index in [1.54, 1.807) is 0 Å². The van der Waals surface area contributed by atoms with Crippen LogP contribution < -0.4 is 0 Å². The van der Waals surface area contributed by atoms with Gasteiger partial charge in [-0.2, -0.15) is 0 Å². The van der Waals surface area contributed by atoms with Crippen LogP contribution in [0, 0.1) is 22.7 Å². The Bertz CT molecular complexity index is 419. The zero-order valence-corrected chi connectivity index (χ0v) is 12.6. The van der Waals surface area contributed by atoms with Gasteiger partial charge in [0, 0.05) is 6.54 Å². The van der Waals surface area contributed by atoms with Crippen LogP contribution in [0.3, 0.4) is 0 Å². The minimum absolute atomic E-state index is 0.0589. The summed E-state index contributed by atoms with van der Waals surface area (Å²) in [4.78, 5) is 15.3. The van der Waals surface area contributed by atoms with Gasteiger partial charge in [0.05, 0.1) is 18.1 Å². The highest BCUT2D eigenvalue weighted by molar-refractivity contribution is 5.84. The number of amides is 1. The number of aliphatic hydroxyl groups excluding tert-OH is 1. The summed E-state index contributed by atoms with van der Waals surface area (Å²) in [6.45, 7) is 3.43. The fraction of sp³-hybridized carbons (Fsp3) is 0.941. The average molecular weight is 277 g/mol. The van der Waals surface area contributed by atoms with E-state index >= 15 is 0 Å². The largest absolute Gasteiger partial charge is 0.394 e. The number of hydrogen-bond donors (Lipinski definition) is 1. The number of carbonyl (C=O) groups is 1. The van der Waals surface area contributed by atoms with Crippen LogP contribution in [0.4, 0.5) is 0 Å². The molecule has 3 nitrogen and oxygen atoms in total. The molecule has 0 aromatic rings. The molecule has 1 N–H and O–H groups in total. The van der Waals surface area contributed by atoms with Crippen molar-refractivity contribution in [2.45, 2.75) is 64.3 Å². The molecule has 20 heavy (non-hydrogen) atoms. The first-order chi connectivity index (χ1) is 9.54. The minimum Gasteiger partial charge on any atom is -0.394 e. The number of likely N-dealkylation sites (tertiary alicyclic amines) is 1. The Morgan fingerprint density at radius 2 is 1.95 bits per heavy atom. The molecule has 4 bridgehead atoms. The topological polar surface area (TPSA) is 40.5 Å². The number of nitrogens with zero attached hydrogens (tertiary/aromatic N) is 1. The molecule has 1 aliphatic heterocycles. The van der Waals surface area contributed by atoms with Gasteiger partial charge >= 0.3 is 0 Å². The maximum atomic E-state index is 13.2. The van der Waals surface area contributed by atoms with E-state index in [0.717, 1.165) is 50.5 Å². The van der Waals surface area contributed by atoms with Crippen molar-refractivity contribution >= 4 is 5.91 Å². The first-order valence-corrected chi connectivity index (χ1v) is 8.46. The molecule has 3 atom stereocenters. The average Bonchev–Trinajstić information content (AvgIpc) is 2.82. The van der Waals surface area contributed by atoms with Crippen molar-refractivity contribution in [2.75, 3.05) is 13.2 Å². The molecule has 0 radical (unpaired) electrons. The van der Waals surface area contributed by atoms with Crippen LogP contribution in [0.25, 0.3) is 0 Å². The van der Waals surface area contributed by atoms with Crippen molar-refractivity contribution in [3.63, 3.8) is 0 Å². The lowest BCUT2D eigenvalue weighted by Crippen LogP contribution is -2.58. The molecule has 5 aliphatic rings. The quantitative estimate of drug-likeness (QED) is 0.843. The second kappa shape index (κ2) is 4.22. The molecule has 5 rings (SSSR count). The molecule has 0 aromatic heterocycles. The molecule has 3 unspecified atom stereocenters. The highest BCUT2D eigenvalue weighted by Gasteiger charge is 2.60. The predicted molar refractivity (Wildman–Crippen MR) is 77.0 cm³/mol. The van der Waals surface area contributed by atoms with Gasteiger partial charge in [-0.3, -0.25) is 4.79 Å². The maximum Gasteiger partial charge on any atom is 0.229 e. The van der Waals surface area contributed by atoms with E-state index in [0.29, 0.717) is 11.3 Å². The van der Waals surface area contributed by atoms with Crippen LogP contribution in [0.15, 0.2) is 0 Å². The fourth-order valence-electron chi connectivity index (χ4n) is 6.57. The normalized spacial score (nSPS) is 49.9. The number of carbonyl (C=O) groups excluding carboxylic acids is 1. The van der Waals surface area contributed by atoms with Crippen molar-refractivity contribution in [3.05, 3.63) is 0 Å². The highest BCUT2D eigenvalue weighted by atomic mass is 16.3. The molecular weight excluding hydrogens is 250 g/mol. The summed E-state index contributed by atoms with van der Waals surface area (Å²) in [7, 11) is 0. The van der Waals surface area contributed by atoms with Gasteiger partial charge in [0.15, 0.2) is 0 Å². The van der Waals surface area contributed by atoms with Crippen molar-refractivity contribution in [2.24, 2.45) is 22.7 Å². The number of hydrogen-bond acceptors (Lipinski definition) is 2. The summed E-state index contributed by atoms with van der Waals surface area (Å²) in [5.74, 6) is 1.98. The van der Waals surface area contributed by atoms with E-state index in [-0.39, 0.29) is 18.1 Å². The summed E-state index contributed by atoms with van der Waals surface area (Å²) >= 11 is 0. The third kappa shape index (κ3) is 1.78. The molecule has 3 heteroatoms. The Labute approximate surface area is 121 Å². The predicted octanol–water partition coefficient (Wildman–Crippen LogP) is 2.58. The third-order valence-electron chi connectivity index (χ3n) is 6.66. The number of aliphatic hydroxyl groups is 1. The zero-order valence-electron chi connectivity index (χ0n) is 12.6. The summed E-state index contributed by atoms with van der Waals surface area (Å²) < 4.78 is 0. The van der Waals surface area contributed by atoms with E-state index < -0.39 is 0 Å². The van der Waals surface area contributed by atoms with Crippen molar-refractivity contribution in [3.8, 4) is 0 Å². The van der Waals surface area contributed by atoms with Crippen LogP contribution in [-0.2, 0) is 4.79 Å². The Balaban J connectivity index is 1.62. The summed E-state index contributed by atoms with van der Waals surface area (Å²) in [6, 6.07) is 0.100. The minimum atomic E-state index is -0.0589. The fourth-order valence-corrected chi connectivity index (χ4v) is 6.57. The van der Waals surface area contributed by atoms with E-state index in [2.05, 4.69) is 6.92 Å². The van der Waals surface area contributed by atoms with Gasteiger partial charge in [0.2, 0.25) is 5.91 Å². The van der Waals surface area contributed by atoms with Gasteiger partial charge in [0.1, 0.15) is 0 Å². The summed E-state index contributed by atoms with van der Waals surface area (Å²) in [6.07, 6.45) is 9.50. The zero-order chi connectivity index (χ0) is 14.0. The first kappa shape index (κ1) is 13.1. The molecule has 5 fully saturated rings. The van der Waals surface area contributed by atoms with Crippen LogP contribution in [0.5, 0.6) is 0 Å². The lowest BCUT2D eigenvalue weighted by Gasteiger charge is -2.61. The molecular formula is C17H27NO2. The van der Waals surface area contributed by atoms with Crippen molar-refractivity contribution in [1.82, 2.24) is 4.90 Å². The van der Waals surface area contributed by atoms with E-state index in [4.69, 9.17) is 0 Å². The molecule has 4 aliphatic carbocycles. The molecule has 1 amide bonds. The molecule has 1 heterocycles. The van der Waals surface area contributed by atoms with E-state index in [9.17, 15) is 9.90 Å². The van der Waals surface area contributed by atoms with Gasteiger partial charge in [-0.05, 0) is 68.6 Å². The van der Waals surface area contributed by atoms with Crippen LogP contribution in [-0.4, -0.2) is 35.1 Å². The number of rotatable bonds is 2. The molecule has 4 saturated carbocycles. The van der Waals surface area contributed by atoms with Gasteiger partial charge in [0.25, 0.3) is 0 Å². The second-order valence-electron chi connectivity index (χ2n) is 8.53. The highest BCUT2D eigenvalue weighted by Crippen LogP contribution is 2.65. The molecule has 0 aromatic carbocycles. The monoisotopic (exact) mass is 277 g/mol. The lowest BCUT2D eigenvalue weighted by atomic mass is 9.44. The Morgan fingerprint density at radius 3 is 2.55 bits per heavy atom. The third-order valence-corrected chi connectivity index (χ3v) is 6.66. The first-order valence-electron chi connectivity index (χ1n) is 8.46. The van der Waals surface area contributed by atoms with Crippen molar-refractivity contribution in [1.29, 1.82) is 0 Å². The Kier molecular flexibility index (Phi) is 2.77. The summed E-state index contributed by atoms with van der Waals surface area (Å²) in [5.41, 5.74) is 0.366. The SMILES string of the molecule is CC12CC3CC(C1)CC(C(=O)N1CCCC1CO)(C3)C2. The standard InChI is InChI=1S/C17H27NO2/c1-16-6-12-5-13(7-16)9-17(8-12,11-16)15(20)18-4-2-3-14(18)10-19/h12-14,19H,2-11H2,1H3. The van der Waals surface area contributed by atoms with Crippen LogP contribution in [0.1, 0.15) is 58.3 Å². The van der Waals surface area contributed by atoms with Crippen LogP contribution in [0.2, 0.25) is 0 Å². The molecule has 112 valence electrons. The Morgan fingerprint density at radius 1 is 1.25 bits per heavy atom. The smallest absolute Gasteiger partial charge is 0.229 e. The summed E-state index contributed by atoms with van der Waals surface area (Å²) in [5, 5.41) is 9.52. The Hall–Kier alpha value is -0.570. The lowest BCUT2D eigenvalue weighted by molar-refractivity contribution is -0.167. The second-order valence-corrected chi connectivity index (χ2v) is 8.53. The molecule has 1 saturated heterocycles.